The molecule has 0 aromatic carbocycles. The number of ether oxygens (including phenoxy) is 1. The zero-order valence-corrected chi connectivity index (χ0v) is 10.2. The number of nitrogens with two attached hydrogens (primary N) is 1. The summed E-state index contributed by atoms with van der Waals surface area (Å²) in [5, 5.41) is 3.54. The number of methoxy groups -OCH3 is 1. The second kappa shape index (κ2) is 6.35. The van der Waals surface area contributed by atoms with Gasteiger partial charge in [0.1, 0.15) is 6.04 Å². The number of hydrogen-bond donors (Lipinski definition) is 2. The van der Waals surface area contributed by atoms with E-state index in [-0.39, 0.29) is 18.6 Å². The van der Waals surface area contributed by atoms with E-state index >= 15 is 0 Å². The molecule has 0 radical (unpaired) electrons. The number of nitrogens with one attached hydrogen (secondary N) is 1. The summed E-state index contributed by atoms with van der Waals surface area (Å²) >= 11 is 1.82. The summed E-state index contributed by atoms with van der Waals surface area (Å²) in [4.78, 5) is 11.6. The standard InChI is InChI=1S/C10H20N2O2S/c1-14-6-7(11)10(13)12-8-4-3-5-9(8)15-2/h7-9H,3-6,11H2,1-2H3,(H,12,13). The van der Waals surface area contributed by atoms with E-state index in [2.05, 4.69) is 11.6 Å². The maximum Gasteiger partial charge on any atom is 0.239 e. The molecule has 15 heavy (non-hydrogen) atoms. The first-order valence-corrected chi connectivity index (χ1v) is 6.55. The number of thioether (sulfide) groups is 1. The molecule has 0 aromatic rings. The first kappa shape index (κ1) is 12.8. The smallest absolute Gasteiger partial charge is 0.239 e. The Morgan fingerprint density at radius 1 is 1.67 bits per heavy atom. The van der Waals surface area contributed by atoms with E-state index in [1.165, 1.54) is 12.8 Å². The van der Waals surface area contributed by atoms with E-state index in [1.54, 1.807) is 7.11 Å². The Balaban J connectivity index is 2.36. The molecule has 1 aliphatic rings. The second-order valence-corrected chi connectivity index (χ2v) is 4.96. The normalized spacial score (nSPS) is 27.7. The highest BCUT2D eigenvalue weighted by atomic mass is 32.2. The van der Waals surface area contributed by atoms with Crippen LogP contribution >= 0.6 is 11.8 Å². The number of amides is 1. The molecule has 0 aliphatic heterocycles. The Bertz CT molecular complexity index is 214. The maximum absolute atomic E-state index is 11.6. The highest BCUT2D eigenvalue weighted by molar-refractivity contribution is 7.99. The summed E-state index contributed by atoms with van der Waals surface area (Å²) in [7, 11) is 1.55. The Morgan fingerprint density at radius 3 is 3.00 bits per heavy atom. The van der Waals surface area contributed by atoms with Crippen LogP contribution < -0.4 is 11.1 Å². The molecule has 1 fully saturated rings. The fraction of sp³-hybridized carbons (Fsp3) is 0.900. The Labute approximate surface area is 95.3 Å². The Morgan fingerprint density at radius 2 is 2.40 bits per heavy atom. The summed E-state index contributed by atoms with van der Waals surface area (Å²) in [6.45, 7) is 0.280. The van der Waals surface area contributed by atoms with E-state index in [9.17, 15) is 4.79 Å². The average Bonchev–Trinajstić information content (AvgIpc) is 2.65. The third-order valence-corrected chi connectivity index (χ3v) is 3.94. The maximum atomic E-state index is 11.6. The lowest BCUT2D eigenvalue weighted by Crippen LogP contribution is -2.49. The zero-order chi connectivity index (χ0) is 11.3. The Hall–Kier alpha value is -0.260. The van der Waals surface area contributed by atoms with E-state index in [1.807, 2.05) is 11.8 Å². The third-order valence-electron chi connectivity index (χ3n) is 2.77. The fourth-order valence-electron chi connectivity index (χ4n) is 1.92. The van der Waals surface area contributed by atoms with Crippen molar-refractivity contribution in [1.82, 2.24) is 5.32 Å². The molecule has 3 atom stereocenters. The first-order chi connectivity index (χ1) is 7.19. The van der Waals surface area contributed by atoms with Crippen LogP contribution in [0.1, 0.15) is 19.3 Å². The van der Waals surface area contributed by atoms with Crippen molar-refractivity contribution >= 4 is 17.7 Å². The quantitative estimate of drug-likeness (QED) is 0.718. The van der Waals surface area contributed by atoms with Crippen LogP contribution in [0.15, 0.2) is 0 Å². The van der Waals surface area contributed by atoms with Crippen molar-refractivity contribution in [1.29, 1.82) is 0 Å². The van der Waals surface area contributed by atoms with Gasteiger partial charge in [-0.15, -0.1) is 0 Å². The molecule has 88 valence electrons. The molecule has 0 saturated heterocycles. The van der Waals surface area contributed by atoms with Crippen molar-refractivity contribution in [3.05, 3.63) is 0 Å². The summed E-state index contributed by atoms with van der Waals surface area (Å²) in [6, 6.07) is -0.256. The van der Waals surface area contributed by atoms with Crippen LogP contribution in [0.3, 0.4) is 0 Å². The topological polar surface area (TPSA) is 64.3 Å². The molecule has 0 aromatic heterocycles. The van der Waals surface area contributed by atoms with Crippen LogP contribution in [-0.4, -0.2) is 43.2 Å². The predicted octanol–water partition coefficient (Wildman–Crippen LogP) is 0.360. The lowest BCUT2D eigenvalue weighted by Gasteiger charge is -2.21. The van der Waals surface area contributed by atoms with Crippen molar-refractivity contribution in [2.45, 2.75) is 36.6 Å². The third kappa shape index (κ3) is 3.66. The summed E-state index contributed by atoms with van der Waals surface area (Å²) in [6.07, 6.45) is 5.53. The number of carbonyl (C=O) groups excluding carboxylic acids is 1. The predicted molar refractivity (Wildman–Crippen MR) is 62.9 cm³/mol. The SMILES string of the molecule is COCC(N)C(=O)NC1CCCC1SC. The minimum absolute atomic E-state index is 0.0946. The summed E-state index contributed by atoms with van der Waals surface area (Å²) < 4.78 is 4.85. The van der Waals surface area contributed by atoms with Gasteiger partial charge in [0.25, 0.3) is 0 Å². The molecule has 3 unspecified atom stereocenters. The highest BCUT2D eigenvalue weighted by Gasteiger charge is 2.28. The van der Waals surface area contributed by atoms with Crippen molar-refractivity contribution in [2.24, 2.45) is 5.73 Å². The molecule has 4 nitrogen and oxygen atoms in total. The van der Waals surface area contributed by atoms with Crippen LogP contribution in [0.25, 0.3) is 0 Å². The van der Waals surface area contributed by atoms with Gasteiger partial charge in [0.2, 0.25) is 5.91 Å². The van der Waals surface area contributed by atoms with Crippen molar-refractivity contribution in [2.75, 3.05) is 20.0 Å². The van der Waals surface area contributed by atoms with Gasteiger partial charge >= 0.3 is 0 Å². The summed E-state index contributed by atoms with van der Waals surface area (Å²) in [5.41, 5.74) is 5.65. The number of hydrogen-bond acceptors (Lipinski definition) is 4. The van der Waals surface area contributed by atoms with Gasteiger partial charge < -0.3 is 15.8 Å². The van der Waals surface area contributed by atoms with E-state index in [0.29, 0.717) is 5.25 Å². The van der Waals surface area contributed by atoms with Gasteiger partial charge in [0.15, 0.2) is 0 Å². The van der Waals surface area contributed by atoms with E-state index in [4.69, 9.17) is 10.5 Å². The van der Waals surface area contributed by atoms with Gasteiger partial charge in [-0.1, -0.05) is 6.42 Å². The monoisotopic (exact) mass is 232 g/mol. The van der Waals surface area contributed by atoms with Crippen molar-refractivity contribution in [3.8, 4) is 0 Å². The molecule has 0 bridgehead atoms. The number of rotatable bonds is 5. The summed E-state index contributed by atoms with van der Waals surface area (Å²) in [5.74, 6) is -0.0946. The molecule has 5 heteroatoms. The average molecular weight is 232 g/mol. The van der Waals surface area contributed by atoms with Crippen LogP contribution in [0.2, 0.25) is 0 Å². The van der Waals surface area contributed by atoms with Crippen molar-refractivity contribution in [3.63, 3.8) is 0 Å². The van der Waals surface area contributed by atoms with E-state index < -0.39 is 6.04 Å². The Kier molecular flexibility index (Phi) is 5.42. The molecule has 1 rings (SSSR count). The van der Waals surface area contributed by atoms with E-state index in [0.717, 1.165) is 6.42 Å². The highest BCUT2D eigenvalue weighted by Crippen LogP contribution is 2.28. The largest absolute Gasteiger partial charge is 0.383 e. The van der Waals surface area contributed by atoms with Gasteiger partial charge in [-0.05, 0) is 19.1 Å². The molecular weight excluding hydrogens is 212 g/mol. The minimum atomic E-state index is -0.543. The fourth-order valence-corrected chi connectivity index (χ4v) is 2.85. The zero-order valence-electron chi connectivity index (χ0n) is 9.36. The van der Waals surface area contributed by atoms with Gasteiger partial charge in [-0.3, -0.25) is 4.79 Å². The molecule has 3 N–H and O–H groups in total. The van der Waals surface area contributed by atoms with Crippen molar-refractivity contribution < 1.29 is 9.53 Å². The van der Waals surface area contributed by atoms with Crippen LogP contribution in [0, 0.1) is 0 Å². The first-order valence-electron chi connectivity index (χ1n) is 5.26. The molecular formula is C10H20N2O2S. The lowest BCUT2D eigenvalue weighted by atomic mass is 10.2. The molecule has 0 spiro atoms. The van der Waals surface area contributed by atoms with Gasteiger partial charge in [-0.2, -0.15) is 11.8 Å². The second-order valence-electron chi connectivity index (χ2n) is 3.88. The molecule has 0 heterocycles. The molecule has 1 saturated carbocycles. The van der Waals surface area contributed by atoms with Gasteiger partial charge in [0.05, 0.1) is 6.61 Å². The minimum Gasteiger partial charge on any atom is -0.383 e. The van der Waals surface area contributed by atoms with Gasteiger partial charge in [0, 0.05) is 18.4 Å². The van der Waals surface area contributed by atoms with Crippen LogP contribution in [0.4, 0.5) is 0 Å². The molecule has 1 amide bonds. The molecule has 1 aliphatic carbocycles. The van der Waals surface area contributed by atoms with Gasteiger partial charge in [-0.25, -0.2) is 0 Å². The van der Waals surface area contributed by atoms with Crippen LogP contribution in [-0.2, 0) is 9.53 Å². The number of carbonyl (C=O) groups is 1. The van der Waals surface area contributed by atoms with Crippen LogP contribution in [0.5, 0.6) is 0 Å². The lowest BCUT2D eigenvalue weighted by molar-refractivity contribution is -0.124.